The summed E-state index contributed by atoms with van der Waals surface area (Å²) in [4.78, 5) is 0. The molecule has 0 bridgehead atoms. The van der Waals surface area contributed by atoms with Crippen LogP contribution in [0.5, 0.6) is 0 Å². The molecule has 0 unspecified atom stereocenters. The molecule has 6 rings (SSSR count). The number of nitrogens with zero attached hydrogens (tertiary/aromatic N) is 2. The Kier molecular flexibility index (Phi) is 22.4. The van der Waals surface area contributed by atoms with Gasteiger partial charge in [0.1, 0.15) is 0 Å². The van der Waals surface area contributed by atoms with Crippen molar-refractivity contribution in [3.8, 4) is 12.1 Å². The Labute approximate surface area is 326 Å². The number of alkyl halides is 3. The van der Waals surface area contributed by atoms with Crippen molar-refractivity contribution < 1.29 is 46.2 Å². The number of hydrogen-bond donors (Lipinski definition) is 0. The Balaban J connectivity index is 0.000000390. The molecule has 5 nitrogen and oxygen atoms in total. The van der Waals surface area contributed by atoms with Gasteiger partial charge in [-0.2, -0.15) is 23.7 Å². The van der Waals surface area contributed by atoms with Gasteiger partial charge in [0.05, 0.1) is 12.1 Å². The molecule has 0 amide bonds. The number of nitriles is 2. The van der Waals surface area contributed by atoms with Crippen LogP contribution in [0, 0.1) is 22.7 Å². The molecule has 0 fully saturated rings. The summed E-state index contributed by atoms with van der Waals surface area (Å²) in [5.41, 5.74) is -5.65. The molecule has 12 heteroatoms. The van der Waals surface area contributed by atoms with E-state index in [-0.39, 0.29) is 20.1 Å². The number of benzene rings is 6. The summed E-state index contributed by atoms with van der Waals surface area (Å²) in [5.74, 6) is 0. The molecule has 0 heterocycles. The minimum atomic E-state index is -6.09. The first kappa shape index (κ1) is 46.5. The Morgan fingerprint density at radius 2 is 0.566 bits per heavy atom. The van der Waals surface area contributed by atoms with Crippen LogP contribution in [0.4, 0.5) is 13.2 Å². The third kappa shape index (κ3) is 16.8. The van der Waals surface area contributed by atoms with E-state index in [9.17, 15) is 13.2 Å². The van der Waals surface area contributed by atoms with Crippen LogP contribution in [0.3, 0.4) is 0 Å². The molecule has 0 saturated carbocycles. The van der Waals surface area contributed by atoms with Crippen LogP contribution in [0.15, 0.2) is 182 Å². The van der Waals surface area contributed by atoms with Gasteiger partial charge in [-0.05, 0) is 47.7 Å². The maximum atomic E-state index is 10.7. The monoisotopic (exact) mass is 948 g/mol. The number of hydrogen-bond acceptors (Lipinski definition) is 5. The minimum absolute atomic E-state index is 0. The van der Waals surface area contributed by atoms with E-state index in [4.69, 9.17) is 23.5 Å². The summed E-state index contributed by atoms with van der Waals surface area (Å²) in [6.45, 7) is 2.86. The van der Waals surface area contributed by atoms with Crippen LogP contribution in [0.2, 0.25) is 0 Å². The molecule has 0 aromatic heterocycles. The molecule has 0 spiro atoms. The SMILES string of the molecule is CC#N.CC#N.O=S(=O)([O-])C(F)(F)F.[Ir].c1ccc(P(c2ccccc2)c2ccccc2)cc1.c1ccc(P(c2ccccc2)c2ccccc2)cc1. The summed E-state index contributed by atoms with van der Waals surface area (Å²) >= 11 is 0. The van der Waals surface area contributed by atoms with Gasteiger partial charge in [-0.15, -0.1) is 0 Å². The zero-order valence-corrected chi connectivity index (χ0v) is 33.7. The molecule has 0 aliphatic carbocycles. The molecule has 0 aliphatic rings. The average Bonchev–Trinajstić information content (AvgIpc) is 3.15. The van der Waals surface area contributed by atoms with Crippen molar-refractivity contribution in [3.63, 3.8) is 0 Å². The van der Waals surface area contributed by atoms with Crippen LogP contribution >= 0.6 is 15.8 Å². The first-order valence-corrected chi connectivity index (χ1v) is 19.6. The van der Waals surface area contributed by atoms with E-state index >= 15 is 0 Å². The van der Waals surface area contributed by atoms with E-state index in [0.29, 0.717) is 0 Å². The van der Waals surface area contributed by atoms with Gasteiger partial charge in [0.15, 0.2) is 10.1 Å². The van der Waals surface area contributed by atoms with Gasteiger partial charge in [-0.1, -0.05) is 182 Å². The predicted molar refractivity (Wildman–Crippen MR) is 209 cm³/mol. The van der Waals surface area contributed by atoms with Crippen LogP contribution < -0.4 is 31.8 Å². The molecule has 6 aromatic rings. The normalized spacial score (nSPS) is 10.0. The molecule has 0 N–H and O–H groups in total. The van der Waals surface area contributed by atoms with Crippen LogP contribution in [0.25, 0.3) is 0 Å². The first-order chi connectivity index (χ1) is 25.0. The molecular formula is C41H36F3IrN2O3P2S-. The topological polar surface area (TPSA) is 105 Å². The Bertz CT molecular complexity index is 1720. The van der Waals surface area contributed by atoms with Crippen molar-refractivity contribution in [2.75, 3.05) is 0 Å². The van der Waals surface area contributed by atoms with Gasteiger partial charge in [0.25, 0.3) is 0 Å². The Morgan fingerprint density at radius 1 is 0.453 bits per heavy atom. The van der Waals surface area contributed by atoms with Crippen LogP contribution in [-0.2, 0) is 30.2 Å². The van der Waals surface area contributed by atoms with E-state index in [1.807, 2.05) is 0 Å². The zero-order chi connectivity index (χ0) is 38.2. The predicted octanol–water partition coefficient (Wildman–Crippen LogP) is 8.00. The fourth-order valence-corrected chi connectivity index (χ4v) is 8.97. The number of rotatable bonds is 6. The summed E-state index contributed by atoms with van der Waals surface area (Å²) in [7, 11) is -6.98. The maximum Gasteiger partial charge on any atom is 0.485 e. The molecule has 1 radical (unpaired) electrons. The van der Waals surface area contributed by atoms with Crippen molar-refractivity contribution in [1.29, 1.82) is 10.5 Å². The van der Waals surface area contributed by atoms with Crippen molar-refractivity contribution in [1.82, 2.24) is 0 Å². The molecule has 6 aromatic carbocycles. The minimum Gasteiger partial charge on any atom is -0.741 e. The average molecular weight is 948 g/mol. The summed E-state index contributed by atoms with van der Waals surface area (Å²) in [5, 5.41) is 23.0. The molecule has 275 valence electrons. The van der Waals surface area contributed by atoms with E-state index in [1.165, 1.54) is 45.7 Å². The second-order valence-electron chi connectivity index (χ2n) is 10.0. The third-order valence-corrected chi connectivity index (χ3v) is 11.8. The second-order valence-corrected chi connectivity index (χ2v) is 15.8. The van der Waals surface area contributed by atoms with E-state index < -0.39 is 31.5 Å². The van der Waals surface area contributed by atoms with E-state index in [1.54, 1.807) is 12.1 Å². The standard InChI is InChI=1S/2C18H15P.2C2H3N.CHF3O3S.Ir/c2*1-4-10-16(11-5-1)19(17-12-6-2-7-13-17)18-14-8-3-9-15-18;2*1-2-3;2-1(3,4)8(5,6)7;/h2*1-15H;2*1H3;(H,5,6,7);/p-1. The summed E-state index contributed by atoms with van der Waals surface area (Å²) in [6, 6.07) is 68.2. The van der Waals surface area contributed by atoms with E-state index in [0.717, 1.165) is 0 Å². The molecular weight excluding hydrogens is 912 g/mol. The van der Waals surface area contributed by atoms with Gasteiger partial charge < -0.3 is 4.55 Å². The van der Waals surface area contributed by atoms with Crippen LogP contribution in [0.1, 0.15) is 13.8 Å². The third-order valence-electron chi connectivity index (χ3n) is 6.37. The van der Waals surface area contributed by atoms with Crippen molar-refractivity contribution in [3.05, 3.63) is 182 Å². The van der Waals surface area contributed by atoms with Crippen molar-refractivity contribution in [2.24, 2.45) is 0 Å². The van der Waals surface area contributed by atoms with Gasteiger partial charge >= 0.3 is 5.51 Å². The molecule has 0 saturated heterocycles. The fraction of sp³-hybridized carbons (Fsp3) is 0.0732. The Morgan fingerprint density at radius 3 is 0.660 bits per heavy atom. The van der Waals surface area contributed by atoms with Gasteiger partial charge in [0.2, 0.25) is 0 Å². The Hall–Kier alpha value is -4.49. The maximum absolute atomic E-state index is 10.7. The first-order valence-electron chi connectivity index (χ1n) is 15.5. The molecule has 53 heavy (non-hydrogen) atoms. The number of halogens is 3. The van der Waals surface area contributed by atoms with Gasteiger partial charge in [-0.3, -0.25) is 0 Å². The summed E-state index contributed by atoms with van der Waals surface area (Å²) in [6.07, 6.45) is 0. The van der Waals surface area contributed by atoms with Gasteiger partial charge in [0, 0.05) is 34.0 Å². The zero-order valence-electron chi connectivity index (χ0n) is 28.7. The van der Waals surface area contributed by atoms with Crippen molar-refractivity contribution in [2.45, 2.75) is 19.4 Å². The smallest absolute Gasteiger partial charge is 0.485 e. The van der Waals surface area contributed by atoms with Crippen LogP contribution in [-0.4, -0.2) is 18.5 Å². The fourth-order valence-electron chi connectivity index (χ4n) is 4.36. The molecule has 0 atom stereocenters. The molecule has 0 aliphatic heterocycles. The van der Waals surface area contributed by atoms with Gasteiger partial charge in [-0.25, -0.2) is 8.42 Å². The van der Waals surface area contributed by atoms with Crippen molar-refractivity contribution >= 4 is 57.8 Å². The largest absolute Gasteiger partial charge is 0.741 e. The van der Waals surface area contributed by atoms with E-state index in [2.05, 4.69) is 182 Å². The summed E-state index contributed by atoms with van der Waals surface area (Å²) < 4.78 is 58.9. The second kappa shape index (κ2) is 25.5. The quantitative estimate of drug-likeness (QED) is 0.0957.